The van der Waals surface area contributed by atoms with E-state index >= 15 is 0 Å². The molecule has 3 N–H and O–H groups in total. The van der Waals surface area contributed by atoms with Gasteiger partial charge in [0, 0.05) is 36.9 Å². The highest BCUT2D eigenvalue weighted by atomic mass is 35.5. The monoisotopic (exact) mass is 517 g/mol. The van der Waals surface area contributed by atoms with Crippen molar-refractivity contribution in [3.8, 4) is 0 Å². The number of carbonyl (C=O) groups excluding carboxylic acids is 3. The molecule has 0 bridgehead atoms. The van der Waals surface area contributed by atoms with Gasteiger partial charge < -0.3 is 5.32 Å². The minimum absolute atomic E-state index is 0.291. The molecule has 0 aliphatic carbocycles. The number of thiophene rings is 1. The van der Waals surface area contributed by atoms with Crippen molar-refractivity contribution in [3.63, 3.8) is 0 Å². The third-order valence-corrected chi connectivity index (χ3v) is 6.74. The summed E-state index contributed by atoms with van der Waals surface area (Å²) in [5.41, 5.74) is 5.79. The quantitative estimate of drug-likeness (QED) is 0.282. The summed E-state index contributed by atoms with van der Waals surface area (Å²) in [7, 11) is 0. The number of halogens is 3. The van der Waals surface area contributed by atoms with E-state index in [1.807, 2.05) is 0 Å². The Kier molecular flexibility index (Phi) is 6.85. The lowest BCUT2D eigenvalue weighted by Gasteiger charge is -2.09. The summed E-state index contributed by atoms with van der Waals surface area (Å²) in [6.07, 6.45) is 0. The van der Waals surface area contributed by atoms with Crippen molar-refractivity contribution in [2.75, 3.05) is 5.32 Å². The highest BCUT2D eigenvalue weighted by Crippen LogP contribution is 2.37. The molecule has 0 aliphatic heterocycles. The second kappa shape index (κ2) is 9.80. The Morgan fingerprint density at radius 2 is 1.21 bits per heavy atom. The maximum Gasteiger partial charge on any atom is 0.269 e. The van der Waals surface area contributed by atoms with Gasteiger partial charge in [-0.2, -0.15) is 0 Å². The first kappa shape index (κ1) is 23.1. The molecule has 1 aromatic heterocycles. The Hall–Kier alpha value is -3.10. The van der Waals surface area contributed by atoms with Crippen LogP contribution in [0, 0.1) is 0 Å². The molecular formula is C23H14Cl3N3O3S. The van der Waals surface area contributed by atoms with Crippen LogP contribution in [0.3, 0.4) is 0 Å². The zero-order valence-electron chi connectivity index (χ0n) is 16.6. The lowest BCUT2D eigenvalue weighted by Crippen LogP contribution is -2.41. The molecule has 0 unspecified atom stereocenters. The van der Waals surface area contributed by atoms with Gasteiger partial charge in [0.15, 0.2) is 0 Å². The predicted octanol–water partition coefficient (Wildman–Crippen LogP) is 6.19. The number of carbonyl (C=O) groups is 3. The van der Waals surface area contributed by atoms with Gasteiger partial charge in [-0.3, -0.25) is 25.2 Å². The summed E-state index contributed by atoms with van der Waals surface area (Å²) in [5.74, 6) is -1.37. The fourth-order valence-corrected chi connectivity index (χ4v) is 4.75. The van der Waals surface area contributed by atoms with Crippen LogP contribution < -0.4 is 16.2 Å². The second-order valence-electron chi connectivity index (χ2n) is 6.83. The number of anilines is 1. The van der Waals surface area contributed by atoms with Crippen molar-refractivity contribution in [3.05, 3.63) is 97.8 Å². The fraction of sp³-hybridized carbons (Fsp3) is 0. The van der Waals surface area contributed by atoms with Crippen LogP contribution in [0.5, 0.6) is 0 Å². The lowest BCUT2D eigenvalue weighted by molar-refractivity contribution is 0.0846. The average Bonchev–Trinajstić information content (AvgIpc) is 3.13. The minimum Gasteiger partial charge on any atom is -0.321 e. The van der Waals surface area contributed by atoms with Crippen molar-refractivity contribution in [2.24, 2.45) is 0 Å². The van der Waals surface area contributed by atoms with E-state index in [4.69, 9.17) is 34.8 Å². The van der Waals surface area contributed by atoms with Crippen molar-refractivity contribution >= 4 is 79.6 Å². The van der Waals surface area contributed by atoms with Crippen molar-refractivity contribution in [1.82, 2.24) is 10.9 Å². The average molecular weight is 519 g/mol. The molecule has 0 fully saturated rings. The molecule has 0 aliphatic rings. The molecule has 0 saturated carbocycles. The van der Waals surface area contributed by atoms with E-state index < -0.39 is 11.8 Å². The Balaban J connectivity index is 1.38. The molecule has 4 aromatic rings. The van der Waals surface area contributed by atoms with Crippen LogP contribution in [0.1, 0.15) is 30.4 Å². The van der Waals surface area contributed by atoms with Crippen LogP contribution in [0.25, 0.3) is 10.1 Å². The Labute approximate surface area is 207 Å². The third kappa shape index (κ3) is 5.29. The Bertz CT molecular complexity index is 1370. The Morgan fingerprint density at radius 1 is 0.667 bits per heavy atom. The maximum absolute atomic E-state index is 12.7. The van der Waals surface area contributed by atoms with Gasteiger partial charge in [-0.25, -0.2) is 0 Å². The van der Waals surface area contributed by atoms with Gasteiger partial charge in [-0.15, -0.1) is 11.3 Å². The molecule has 4 rings (SSSR count). The number of rotatable bonds is 4. The summed E-state index contributed by atoms with van der Waals surface area (Å²) < 4.78 is 0.810. The molecule has 166 valence electrons. The van der Waals surface area contributed by atoms with Gasteiger partial charge in [-0.1, -0.05) is 40.9 Å². The van der Waals surface area contributed by atoms with Gasteiger partial charge >= 0.3 is 0 Å². The molecule has 3 amide bonds. The van der Waals surface area contributed by atoms with E-state index in [0.29, 0.717) is 36.8 Å². The predicted molar refractivity (Wildman–Crippen MR) is 133 cm³/mol. The Morgan fingerprint density at radius 3 is 1.82 bits per heavy atom. The highest BCUT2D eigenvalue weighted by molar-refractivity contribution is 7.21. The second-order valence-corrected chi connectivity index (χ2v) is 9.14. The number of hydrogen-bond donors (Lipinski definition) is 3. The summed E-state index contributed by atoms with van der Waals surface area (Å²) in [6.45, 7) is 0. The molecule has 10 heteroatoms. The van der Waals surface area contributed by atoms with E-state index in [9.17, 15) is 14.4 Å². The summed E-state index contributed by atoms with van der Waals surface area (Å²) in [6, 6.07) is 17.7. The number of fused-ring (bicyclic) bond motifs is 1. The van der Waals surface area contributed by atoms with Crippen LogP contribution in [-0.2, 0) is 0 Å². The number of amides is 3. The maximum atomic E-state index is 12.7. The summed E-state index contributed by atoms with van der Waals surface area (Å²) in [4.78, 5) is 37.4. The van der Waals surface area contributed by atoms with Crippen molar-refractivity contribution < 1.29 is 14.4 Å². The first-order chi connectivity index (χ1) is 15.8. The van der Waals surface area contributed by atoms with Gasteiger partial charge in [0.25, 0.3) is 17.7 Å². The third-order valence-electron chi connectivity index (χ3n) is 4.60. The molecule has 3 aromatic carbocycles. The van der Waals surface area contributed by atoms with Gasteiger partial charge in [-0.05, 0) is 60.7 Å². The van der Waals surface area contributed by atoms with Crippen LogP contribution in [0.2, 0.25) is 15.1 Å². The normalized spacial score (nSPS) is 10.6. The van der Waals surface area contributed by atoms with Gasteiger partial charge in [0.1, 0.15) is 4.88 Å². The van der Waals surface area contributed by atoms with Crippen LogP contribution in [-0.4, -0.2) is 17.7 Å². The van der Waals surface area contributed by atoms with E-state index in [1.54, 1.807) is 54.6 Å². The molecule has 0 atom stereocenters. The van der Waals surface area contributed by atoms with Crippen molar-refractivity contribution in [1.29, 1.82) is 0 Å². The summed E-state index contributed by atoms with van der Waals surface area (Å²) >= 11 is 19.4. The standard InChI is InChI=1S/C23H14Cl3N3O3S/c24-14-5-1-12(2-6-14)21(30)28-29-22(31)13-3-8-16(9-4-13)27-23(32)20-19(26)17-10-7-15(25)11-18(17)33-20/h1-11H,(H,27,32)(H,28,30)(H,29,31). The molecule has 0 spiro atoms. The molecule has 6 nitrogen and oxygen atoms in total. The zero-order valence-corrected chi connectivity index (χ0v) is 19.7. The summed E-state index contributed by atoms with van der Waals surface area (Å²) in [5, 5.41) is 4.93. The minimum atomic E-state index is -0.514. The van der Waals surface area contributed by atoms with Gasteiger partial charge in [0.2, 0.25) is 0 Å². The highest BCUT2D eigenvalue weighted by Gasteiger charge is 2.18. The lowest BCUT2D eigenvalue weighted by atomic mass is 10.2. The van der Waals surface area contributed by atoms with Crippen molar-refractivity contribution in [2.45, 2.75) is 0 Å². The van der Waals surface area contributed by atoms with E-state index in [-0.39, 0.29) is 5.91 Å². The fourth-order valence-electron chi connectivity index (χ4n) is 2.94. The van der Waals surface area contributed by atoms with E-state index in [1.165, 1.54) is 23.5 Å². The molecule has 0 saturated heterocycles. The zero-order chi connectivity index (χ0) is 23.5. The van der Waals surface area contributed by atoms with Crippen LogP contribution >= 0.6 is 46.1 Å². The van der Waals surface area contributed by atoms with E-state index in [2.05, 4.69) is 16.2 Å². The number of hydrazine groups is 1. The molecule has 1 heterocycles. The first-order valence-corrected chi connectivity index (χ1v) is 11.4. The first-order valence-electron chi connectivity index (χ1n) is 9.47. The van der Waals surface area contributed by atoms with Crippen LogP contribution in [0.4, 0.5) is 5.69 Å². The topological polar surface area (TPSA) is 87.3 Å². The number of benzene rings is 3. The van der Waals surface area contributed by atoms with E-state index in [0.717, 1.165) is 10.1 Å². The smallest absolute Gasteiger partial charge is 0.269 e. The number of nitrogens with one attached hydrogen (secondary N) is 3. The molecular weight excluding hydrogens is 505 g/mol. The largest absolute Gasteiger partial charge is 0.321 e. The van der Waals surface area contributed by atoms with Crippen LogP contribution in [0.15, 0.2) is 66.7 Å². The molecule has 33 heavy (non-hydrogen) atoms. The molecule has 0 radical (unpaired) electrons. The SMILES string of the molecule is O=C(NNC(=O)c1ccc(NC(=O)c2sc3cc(Cl)ccc3c2Cl)cc1)c1ccc(Cl)cc1. The number of hydrogen-bond acceptors (Lipinski definition) is 4. The van der Waals surface area contributed by atoms with Gasteiger partial charge in [0.05, 0.1) is 5.02 Å².